The third kappa shape index (κ3) is 24.9. The monoisotopic (exact) mass is 1130 g/mol. The van der Waals surface area contributed by atoms with Crippen LogP contribution in [-0.4, -0.2) is 171 Å². The molecule has 9 atom stereocenters. The number of nitrogens with zero attached hydrogens (tertiary/aromatic N) is 2. The second-order valence-corrected chi connectivity index (χ2v) is 24.9. The molecule has 0 aromatic carbocycles. The fourth-order valence-electron chi connectivity index (χ4n) is 9.50. The molecule has 1 saturated heterocycles. The number of nitrogens with one attached hydrogen (secondary N) is 8. The first-order valence-electron chi connectivity index (χ1n) is 29.3. The van der Waals surface area contributed by atoms with Crippen molar-refractivity contribution in [2.24, 2.45) is 23.7 Å². The molecule has 0 saturated carbocycles. The van der Waals surface area contributed by atoms with E-state index in [-0.39, 0.29) is 61.9 Å². The van der Waals surface area contributed by atoms with Crippen LogP contribution in [0, 0.1) is 23.7 Å². The van der Waals surface area contributed by atoms with Gasteiger partial charge in [0.2, 0.25) is 53.2 Å². The van der Waals surface area contributed by atoms with Crippen LogP contribution in [0.1, 0.15) is 194 Å². The van der Waals surface area contributed by atoms with Gasteiger partial charge in [0.1, 0.15) is 52.6 Å². The first-order chi connectivity index (χ1) is 37.0. The highest BCUT2D eigenvalue weighted by molar-refractivity contribution is 6.00. The standard InChI is InChI=1S/C58H106N10O12/c1-18-20-21-22-23-24-26-38(8)52(77)68-28-25-27-44(68)49(74)61-43(32-37(7)31-42(71)33-41(70)19-2)48(73)60-40(10)47(72)64-56(11,12)54(79)63-45(35(3)4)50(75)62-46(36(5)6)51(76)65-58(15,16)55(80)66-57(13,14)53(78)59-39(9)34-67(17)29-30-69/h35-40,42-46,69,71H,18-34H2,1-17H3,(H,59,78)(H,60,73)(H,61,74)(H,62,75)(H,63,79)(H,64,72)(H,65,76)(H,66,80)/t37-,38+,39-,40-,42-,43+,44-,45+,46-/m0/s1. The number of ketones is 1. The number of amides is 9. The van der Waals surface area contributed by atoms with Crippen LogP contribution >= 0.6 is 0 Å². The van der Waals surface area contributed by atoms with Crippen LogP contribution in [0.25, 0.3) is 0 Å². The predicted molar refractivity (Wildman–Crippen MR) is 308 cm³/mol. The van der Waals surface area contributed by atoms with Crippen LogP contribution < -0.4 is 42.5 Å². The lowest BCUT2D eigenvalue weighted by atomic mass is 9.92. The van der Waals surface area contributed by atoms with Gasteiger partial charge >= 0.3 is 0 Å². The van der Waals surface area contributed by atoms with Crippen molar-refractivity contribution in [3.05, 3.63) is 0 Å². The number of aliphatic hydroxyl groups excluding tert-OH is 2. The Bertz CT molecular complexity index is 2060. The van der Waals surface area contributed by atoms with Gasteiger partial charge in [0.15, 0.2) is 0 Å². The summed E-state index contributed by atoms with van der Waals surface area (Å²) in [6.07, 6.45) is 7.64. The zero-order valence-electron chi connectivity index (χ0n) is 51.7. The second-order valence-electron chi connectivity index (χ2n) is 24.9. The van der Waals surface area contributed by atoms with E-state index in [0.717, 1.165) is 32.1 Å². The third-order valence-electron chi connectivity index (χ3n) is 14.7. The number of likely N-dealkylation sites (N-methyl/N-ethyl adjacent to an activating group) is 1. The number of aliphatic hydroxyl groups is 2. The summed E-state index contributed by atoms with van der Waals surface area (Å²) in [5.74, 6) is -7.28. The predicted octanol–water partition coefficient (Wildman–Crippen LogP) is 2.89. The number of rotatable bonds is 37. The van der Waals surface area contributed by atoms with E-state index >= 15 is 0 Å². The molecule has 0 radical (unpaired) electrons. The van der Waals surface area contributed by atoms with E-state index in [1.165, 1.54) is 54.9 Å². The average molecular weight is 1140 g/mol. The Balaban J connectivity index is 3.18. The number of unbranched alkanes of at least 4 members (excludes halogenated alkanes) is 5. The molecule has 0 unspecified atom stereocenters. The molecule has 1 heterocycles. The first kappa shape index (κ1) is 72.8. The first-order valence-corrected chi connectivity index (χ1v) is 29.3. The molecule has 1 aliphatic heterocycles. The highest BCUT2D eigenvalue weighted by Crippen LogP contribution is 2.24. The largest absolute Gasteiger partial charge is 0.395 e. The quantitative estimate of drug-likeness (QED) is 0.0401. The molecule has 1 aliphatic rings. The lowest BCUT2D eigenvalue weighted by Gasteiger charge is -2.35. The normalized spacial score (nSPS) is 17.0. The van der Waals surface area contributed by atoms with Crippen molar-refractivity contribution >= 4 is 58.9 Å². The number of hydrogen-bond acceptors (Lipinski definition) is 13. The third-order valence-corrected chi connectivity index (χ3v) is 14.7. The molecule has 1 fully saturated rings. The van der Waals surface area contributed by atoms with Gasteiger partial charge in [-0.3, -0.25) is 47.9 Å². The zero-order chi connectivity index (χ0) is 61.5. The summed E-state index contributed by atoms with van der Waals surface area (Å²) in [7, 11) is 1.80. The summed E-state index contributed by atoms with van der Waals surface area (Å²) in [6.45, 7) is 27.5. The number of Topliss-reactive ketones (excluding diaryl/α,β-unsaturated/α-hetero) is 1. The van der Waals surface area contributed by atoms with Gasteiger partial charge in [0, 0.05) is 44.4 Å². The molecule has 0 aromatic rings. The Morgan fingerprint density at radius 1 is 0.625 bits per heavy atom. The number of carbonyl (C=O) groups excluding carboxylic acids is 10. The van der Waals surface area contributed by atoms with Crippen LogP contribution in [0.4, 0.5) is 0 Å². The number of carbonyl (C=O) groups is 10. The fraction of sp³-hybridized carbons (Fsp3) is 0.828. The lowest BCUT2D eigenvalue weighted by Crippen LogP contribution is -2.66. The van der Waals surface area contributed by atoms with Gasteiger partial charge in [-0.2, -0.15) is 0 Å². The topological polar surface area (TPSA) is 314 Å². The summed E-state index contributed by atoms with van der Waals surface area (Å²) in [5.41, 5.74) is -4.64. The van der Waals surface area contributed by atoms with Gasteiger partial charge in [-0.25, -0.2) is 0 Å². The van der Waals surface area contributed by atoms with Crippen LogP contribution in [0.2, 0.25) is 0 Å². The van der Waals surface area contributed by atoms with Crippen molar-refractivity contribution in [1.82, 2.24) is 52.3 Å². The smallest absolute Gasteiger partial charge is 0.246 e. The van der Waals surface area contributed by atoms with E-state index in [1.54, 1.807) is 60.4 Å². The van der Waals surface area contributed by atoms with Crippen LogP contribution in [0.3, 0.4) is 0 Å². The molecule has 0 aliphatic carbocycles. The summed E-state index contributed by atoms with van der Waals surface area (Å²) in [4.78, 5) is 140. The molecule has 22 heteroatoms. The summed E-state index contributed by atoms with van der Waals surface area (Å²) in [5, 5.41) is 41.7. The molecular formula is C58H106N10O12. The second kappa shape index (κ2) is 34.3. The van der Waals surface area contributed by atoms with Gasteiger partial charge in [-0.1, -0.05) is 93.9 Å². The highest BCUT2D eigenvalue weighted by atomic mass is 16.3. The number of hydrogen-bond donors (Lipinski definition) is 10. The SMILES string of the molecule is CCCCCCCC[C@@H](C)C(=O)N1CCC[C@H]1C(=O)N[C@H](C[C@@H](C)C[C@H](O)CC(=O)CC)C(=O)N[C@@H](C)C(=O)NC(C)(C)C(=O)N[C@@H](C(=O)N[C@H](C(=O)NC(C)(C)C(=O)NC(C)(C)C(=O)N[C@@H](C)CN(C)CCO)C(C)C)C(C)C. The van der Waals surface area contributed by atoms with Gasteiger partial charge < -0.3 is 62.5 Å². The molecule has 80 heavy (non-hydrogen) atoms. The van der Waals surface area contributed by atoms with Crippen molar-refractivity contribution in [1.29, 1.82) is 0 Å². The van der Waals surface area contributed by atoms with Crippen molar-refractivity contribution in [3.63, 3.8) is 0 Å². The van der Waals surface area contributed by atoms with Crippen LogP contribution in [-0.2, 0) is 47.9 Å². The summed E-state index contributed by atoms with van der Waals surface area (Å²) in [6, 6.07) is -5.99. The Hall–Kier alpha value is -5.22. The number of likely N-dealkylation sites (tertiary alicyclic amines) is 1. The van der Waals surface area contributed by atoms with Gasteiger partial charge in [-0.05, 0) is 112 Å². The van der Waals surface area contributed by atoms with Gasteiger partial charge in [-0.15, -0.1) is 0 Å². The van der Waals surface area contributed by atoms with Crippen molar-refractivity contribution in [2.75, 3.05) is 33.3 Å². The maximum Gasteiger partial charge on any atom is 0.246 e. The van der Waals surface area contributed by atoms with Crippen LogP contribution in [0.15, 0.2) is 0 Å². The van der Waals surface area contributed by atoms with E-state index in [0.29, 0.717) is 38.9 Å². The Morgan fingerprint density at radius 2 is 1.16 bits per heavy atom. The van der Waals surface area contributed by atoms with E-state index in [1.807, 2.05) is 11.8 Å². The molecule has 0 spiro atoms. The maximum atomic E-state index is 14.1. The molecule has 9 amide bonds. The minimum absolute atomic E-state index is 0.0297. The van der Waals surface area contributed by atoms with Gasteiger partial charge in [0.25, 0.3) is 0 Å². The molecule has 1 rings (SSSR count). The van der Waals surface area contributed by atoms with Crippen molar-refractivity contribution < 1.29 is 58.2 Å². The van der Waals surface area contributed by atoms with Crippen LogP contribution in [0.5, 0.6) is 0 Å². The summed E-state index contributed by atoms with van der Waals surface area (Å²) >= 11 is 0. The Morgan fingerprint density at radius 3 is 1.74 bits per heavy atom. The molecule has 0 aromatic heterocycles. The fourth-order valence-corrected chi connectivity index (χ4v) is 9.50. The minimum atomic E-state index is -1.67. The Kier molecular flexibility index (Phi) is 31.2. The van der Waals surface area contributed by atoms with E-state index < -0.39 is 112 Å². The van der Waals surface area contributed by atoms with E-state index in [4.69, 9.17) is 0 Å². The zero-order valence-corrected chi connectivity index (χ0v) is 51.7. The summed E-state index contributed by atoms with van der Waals surface area (Å²) < 4.78 is 0. The average Bonchev–Trinajstić information content (AvgIpc) is 3.84. The van der Waals surface area contributed by atoms with Crippen molar-refractivity contribution in [2.45, 2.75) is 253 Å². The molecule has 460 valence electrons. The van der Waals surface area contributed by atoms with Gasteiger partial charge in [0.05, 0.1) is 12.7 Å². The molecular weight excluding hydrogens is 1030 g/mol. The molecule has 10 N–H and O–H groups in total. The minimum Gasteiger partial charge on any atom is -0.395 e. The maximum absolute atomic E-state index is 14.1. The van der Waals surface area contributed by atoms with Crippen molar-refractivity contribution in [3.8, 4) is 0 Å². The van der Waals surface area contributed by atoms with E-state index in [9.17, 15) is 58.2 Å². The molecule has 0 bridgehead atoms. The lowest BCUT2D eigenvalue weighted by molar-refractivity contribution is -0.142. The highest BCUT2D eigenvalue weighted by Gasteiger charge is 2.42. The Labute approximate surface area is 478 Å². The van der Waals surface area contributed by atoms with E-state index in [2.05, 4.69) is 49.5 Å². The molecule has 22 nitrogen and oxygen atoms in total.